The average molecular weight is 293 g/mol. The second-order valence-corrected chi connectivity index (χ2v) is 6.68. The Balaban J connectivity index is 2.91. The summed E-state index contributed by atoms with van der Waals surface area (Å²) in [4.78, 5) is 0. The smallest absolute Gasteiger partial charge is 0.122 e. The molecule has 0 aliphatic heterocycles. The zero-order valence-corrected chi connectivity index (χ0v) is 14.1. The zero-order chi connectivity index (χ0) is 16.0. The molecule has 0 aliphatic carbocycles. The molecule has 1 aromatic rings. The number of rotatable bonds is 8. The van der Waals surface area contributed by atoms with Crippen molar-refractivity contribution >= 4 is 0 Å². The van der Waals surface area contributed by atoms with E-state index in [2.05, 4.69) is 52.8 Å². The maximum atomic E-state index is 9.72. The van der Waals surface area contributed by atoms with E-state index in [1.54, 1.807) is 0 Å². The Morgan fingerprint density at radius 1 is 1.14 bits per heavy atom. The summed E-state index contributed by atoms with van der Waals surface area (Å²) in [7, 11) is 0. The Morgan fingerprint density at radius 3 is 2.33 bits per heavy atom. The fraction of sp³-hybridized carbons (Fsp3) is 0.667. The molecule has 0 spiro atoms. The topological polar surface area (TPSA) is 55.5 Å². The molecule has 3 nitrogen and oxygen atoms in total. The summed E-state index contributed by atoms with van der Waals surface area (Å²) in [5.41, 5.74) is 7.98. The Kier molecular flexibility index (Phi) is 7.20. The number of ether oxygens (including phenoxy) is 1. The molecule has 21 heavy (non-hydrogen) atoms. The van der Waals surface area contributed by atoms with Crippen molar-refractivity contribution in [3.8, 4) is 5.75 Å². The minimum absolute atomic E-state index is 0.292. The van der Waals surface area contributed by atoms with Crippen molar-refractivity contribution in [3.63, 3.8) is 0 Å². The van der Waals surface area contributed by atoms with Crippen LogP contribution in [0.15, 0.2) is 18.2 Å². The summed E-state index contributed by atoms with van der Waals surface area (Å²) in [5, 5.41) is 9.72. The first-order chi connectivity index (χ1) is 9.85. The van der Waals surface area contributed by atoms with E-state index in [9.17, 15) is 5.11 Å². The third-order valence-electron chi connectivity index (χ3n) is 3.69. The van der Waals surface area contributed by atoms with Crippen LogP contribution in [0.25, 0.3) is 0 Å². The molecule has 0 bridgehead atoms. The molecule has 0 aliphatic rings. The lowest BCUT2D eigenvalue weighted by atomic mass is 9.91. The summed E-state index contributed by atoms with van der Waals surface area (Å²) in [6, 6.07) is 6.39. The van der Waals surface area contributed by atoms with Crippen molar-refractivity contribution in [2.24, 2.45) is 11.7 Å². The molecule has 0 radical (unpaired) electrons. The number of aliphatic hydroxyl groups excluding tert-OH is 1. The van der Waals surface area contributed by atoms with Crippen molar-refractivity contribution in [1.29, 1.82) is 0 Å². The zero-order valence-electron chi connectivity index (χ0n) is 14.1. The molecule has 0 saturated carbocycles. The first kappa shape index (κ1) is 18.0. The standard InChI is InChI=1S/C18H31NO2/c1-12(2)11-21-18-7-6-15(9-17(18)13(3)4)14(5)8-16(20)10-19/h6-7,9,12-14,16,20H,8,10-11,19H2,1-5H3. The third kappa shape index (κ3) is 5.68. The normalized spacial score (nSPS) is 14.5. The molecule has 120 valence electrons. The minimum atomic E-state index is -0.431. The number of hydrogen-bond donors (Lipinski definition) is 2. The van der Waals surface area contributed by atoms with Gasteiger partial charge in [-0.05, 0) is 41.4 Å². The molecule has 0 fully saturated rings. The van der Waals surface area contributed by atoms with Crippen molar-refractivity contribution in [2.75, 3.05) is 13.2 Å². The van der Waals surface area contributed by atoms with Crippen LogP contribution in [0.1, 0.15) is 64.0 Å². The molecule has 0 aromatic heterocycles. The number of benzene rings is 1. The van der Waals surface area contributed by atoms with Crippen molar-refractivity contribution in [1.82, 2.24) is 0 Å². The lowest BCUT2D eigenvalue weighted by Gasteiger charge is -2.20. The SMILES string of the molecule is CC(C)COc1ccc(C(C)CC(O)CN)cc1C(C)C. The van der Waals surface area contributed by atoms with Gasteiger partial charge < -0.3 is 15.6 Å². The highest BCUT2D eigenvalue weighted by Crippen LogP contribution is 2.31. The van der Waals surface area contributed by atoms with E-state index in [1.807, 2.05) is 0 Å². The lowest BCUT2D eigenvalue weighted by Crippen LogP contribution is -2.21. The molecular formula is C18H31NO2. The molecule has 1 rings (SSSR count). The van der Waals surface area contributed by atoms with Gasteiger partial charge in [0.2, 0.25) is 0 Å². The average Bonchev–Trinajstić information content (AvgIpc) is 2.44. The van der Waals surface area contributed by atoms with E-state index >= 15 is 0 Å². The van der Waals surface area contributed by atoms with Gasteiger partial charge in [-0.2, -0.15) is 0 Å². The van der Waals surface area contributed by atoms with Crippen LogP contribution in [0.3, 0.4) is 0 Å². The van der Waals surface area contributed by atoms with Crippen molar-refractivity contribution in [2.45, 2.75) is 59.0 Å². The molecule has 3 heteroatoms. The van der Waals surface area contributed by atoms with Crippen LogP contribution in [-0.4, -0.2) is 24.4 Å². The molecule has 2 atom stereocenters. The van der Waals surface area contributed by atoms with Crippen LogP contribution < -0.4 is 10.5 Å². The molecular weight excluding hydrogens is 262 g/mol. The fourth-order valence-electron chi connectivity index (χ4n) is 2.35. The Morgan fingerprint density at radius 2 is 1.81 bits per heavy atom. The van der Waals surface area contributed by atoms with Crippen LogP contribution in [-0.2, 0) is 0 Å². The quantitative estimate of drug-likeness (QED) is 0.769. The number of nitrogens with two attached hydrogens (primary N) is 1. The summed E-state index contributed by atoms with van der Waals surface area (Å²) < 4.78 is 5.93. The van der Waals surface area contributed by atoms with Crippen LogP contribution >= 0.6 is 0 Å². The van der Waals surface area contributed by atoms with Gasteiger partial charge in [-0.25, -0.2) is 0 Å². The van der Waals surface area contributed by atoms with Crippen LogP contribution in [0.4, 0.5) is 0 Å². The van der Waals surface area contributed by atoms with Gasteiger partial charge in [-0.3, -0.25) is 0 Å². The maximum Gasteiger partial charge on any atom is 0.122 e. The van der Waals surface area contributed by atoms with Crippen molar-refractivity contribution in [3.05, 3.63) is 29.3 Å². The second-order valence-electron chi connectivity index (χ2n) is 6.68. The molecule has 0 heterocycles. The van der Waals surface area contributed by atoms with E-state index in [0.29, 0.717) is 30.7 Å². The van der Waals surface area contributed by atoms with Gasteiger partial charge >= 0.3 is 0 Å². The number of aliphatic hydroxyl groups is 1. The molecule has 0 amide bonds. The Labute approximate surface area is 129 Å². The monoisotopic (exact) mass is 293 g/mol. The van der Waals surface area contributed by atoms with E-state index in [0.717, 1.165) is 12.4 Å². The lowest BCUT2D eigenvalue weighted by molar-refractivity contribution is 0.165. The predicted octanol–water partition coefficient (Wildman–Crippen LogP) is 3.66. The van der Waals surface area contributed by atoms with Gasteiger partial charge in [-0.1, -0.05) is 46.8 Å². The van der Waals surface area contributed by atoms with Gasteiger partial charge in [-0.15, -0.1) is 0 Å². The van der Waals surface area contributed by atoms with Gasteiger partial charge in [0, 0.05) is 6.54 Å². The summed E-state index contributed by atoms with van der Waals surface area (Å²) in [6.07, 6.45) is 0.264. The molecule has 0 saturated heterocycles. The Bertz CT molecular complexity index is 429. The third-order valence-corrected chi connectivity index (χ3v) is 3.69. The van der Waals surface area contributed by atoms with E-state index in [-0.39, 0.29) is 0 Å². The van der Waals surface area contributed by atoms with Gasteiger partial charge in [0.15, 0.2) is 0 Å². The summed E-state index contributed by atoms with van der Waals surface area (Å²) in [5.74, 6) is 2.20. The highest BCUT2D eigenvalue weighted by molar-refractivity contribution is 5.40. The van der Waals surface area contributed by atoms with Gasteiger partial charge in [0.25, 0.3) is 0 Å². The van der Waals surface area contributed by atoms with Crippen LogP contribution in [0, 0.1) is 5.92 Å². The minimum Gasteiger partial charge on any atom is -0.493 e. The van der Waals surface area contributed by atoms with Crippen molar-refractivity contribution < 1.29 is 9.84 Å². The second kappa shape index (κ2) is 8.40. The highest BCUT2D eigenvalue weighted by Gasteiger charge is 2.15. The van der Waals surface area contributed by atoms with E-state index in [4.69, 9.17) is 10.5 Å². The van der Waals surface area contributed by atoms with Gasteiger partial charge in [0.05, 0.1) is 12.7 Å². The number of hydrogen-bond acceptors (Lipinski definition) is 3. The maximum absolute atomic E-state index is 9.72. The van der Waals surface area contributed by atoms with Crippen LogP contribution in [0.5, 0.6) is 5.75 Å². The van der Waals surface area contributed by atoms with E-state index < -0.39 is 6.10 Å². The fourth-order valence-corrected chi connectivity index (χ4v) is 2.35. The van der Waals surface area contributed by atoms with Gasteiger partial charge in [0.1, 0.15) is 5.75 Å². The molecule has 1 aromatic carbocycles. The van der Waals surface area contributed by atoms with E-state index in [1.165, 1.54) is 11.1 Å². The largest absolute Gasteiger partial charge is 0.493 e. The predicted molar refractivity (Wildman–Crippen MR) is 89.0 cm³/mol. The Hall–Kier alpha value is -1.06. The highest BCUT2D eigenvalue weighted by atomic mass is 16.5. The summed E-state index contributed by atoms with van der Waals surface area (Å²) >= 11 is 0. The van der Waals surface area contributed by atoms with Crippen LogP contribution in [0.2, 0.25) is 0 Å². The first-order valence-electron chi connectivity index (χ1n) is 7.99. The summed E-state index contributed by atoms with van der Waals surface area (Å²) in [6.45, 7) is 11.9. The first-order valence-corrected chi connectivity index (χ1v) is 7.99. The molecule has 3 N–H and O–H groups in total. The molecule has 2 unspecified atom stereocenters.